The van der Waals surface area contributed by atoms with Gasteiger partial charge in [0.15, 0.2) is 5.75 Å². The average molecular weight is 478 g/mol. The maximum Gasteiger partial charge on any atom is 0.279 e. The first-order valence-corrected chi connectivity index (χ1v) is 11.8. The minimum absolute atomic E-state index is 0.0858. The molecule has 4 aromatic rings. The predicted octanol–water partition coefficient (Wildman–Crippen LogP) is 2.75. The topological polar surface area (TPSA) is 141 Å². The molecule has 0 spiro atoms. The Morgan fingerprint density at radius 3 is 2.47 bits per heavy atom. The normalized spacial score (nSPS) is 12.2. The fourth-order valence-corrected chi connectivity index (χ4v) is 4.32. The number of hydrogen-bond donors (Lipinski definition) is 3. The number of nitrogens with two attached hydrogens (primary N) is 2. The monoisotopic (exact) mass is 477 g/mol. The number of amides is 1. The van der Waals surface area contributed by atoms with Crippen LogP contribution in [0.25, 0.3) is 10.8 Å². The molecular weight excluding hydrogens is 454 g/mol. The molecule has 5 N–H and O–H groups in total. The molecule has 34 heavy (non-hydrogen) atoms. The van der Waals surface area contributed by atoms with Gasteiger partial charge in [-0.3, -0.25) is 4.79 Å². The number of aromatic nitrogens is 1. The number of para-hydroxylation sites is 1. The van der Waals surface area contributed by atoms with Crippen molar-refractivity contribution in [1.29, 1.82) is 0 Å². The molecule has 1 unspecified atom stereocenters. The largest absolute Gasteiger partial charge is 0.383 e. The molecule has 0 bridgehead atoms. The number of likely N-dealkylation sites (N-methyl/N-ethyl adjacent to an activating group) is 1. The number of nitrogen functional groups attached to an aromatic ring is 1. The Kier molecular flexibility index (Phi) is 6.35. The molecule has 3 aromatic carbocycles. The number of hydrogen-bond acceptors (Lipinski definition) is 7. The number of rotatable bonds is 7. The highest BCUT2D eigenvalue weighted by atomic mass is 32.2. The number of anilines is 2. The molecule has 4 rings (SSSR count). The van der Waals surface area contributed by atoms with Gasteiger partial charge in [0.25, 0.3) is 5.91 Å². The minimum Gasteiger partial charge on any atom is -0.383 e. The highest BCUT2D eigenvalue weighted by Gasteiger charge is 2.27. The molecule has 1 amide bonds. The van der Waals surface area contributed by atoms with E-state index in [1.165, 1.54) is 18.2 Å². The lowest BCUT2D eigenvalue weighted by Gasteiger charge is -2.29. The quantitative estimate of drug-likeness (QED) is 0.348. The van der Waals surface area contributed by atoms with Gasteiger partial charge in [0.2, 0.25) is 10.0 Å². The molecule has 1 heterocycles. The lowest BCUT2D eigenvalue weighted by molar-refractivity contribution is -0.129. The molecule has 174 valence electrons. The second kappa shape index (κ2) is 9.38. The fourth-order valence-electron chi connectivity index (χ4n) is 3.66. The van der Waals surface area contributed by atoms with Crippen molar-refractivity contribution in [3.05, 3.63) is 90.6 Å². The zero-order valence-electron chi connectivity index (χ0n) is 18.3. The van der Waals surface area contributed by atoms with Crippen LogP contribution in [0, 0.1) is 0 Å². The first kappa shape index (κ1) is 23.0. The Morgan fingerprint density at radius 2 is 1.74 bits per heavy atom. The highest BCUT2D eigenvalue weighted by molar-refractivity contribution is 7.89. The standard InChI is InChI=1S/C24H23N5O4S/c1-29(18-12-11-16-13-14-27-23(25)19(16)15-18)22(17-7-3-2-4-8-17)24(30)28-33-20-9-5-6-10-21(20)34(26,31)32/h2-15,22H,1H3,(H2,25,27)(H,28,30)(H2,26,31,32). The lowest BCUT2D eigenvalue weighted by atomic mass is 10.0. The summed E-state index contributed by atoms with van der Waals surface area (Å²) in [6.07, 6.45) is 1.64. The number of carbonyl (C=O) groups excluding carboxylic acids is 1. The van der Waals surface area contributed by atoms with Crippen LogP contribution in [0.1, 0.15) is 11.6 Å². The zero-order chi connectivity index (χ0) is 24.3. The molecule has 0 aliphatic heterocycles. The van der Waals surface area contributed by atoms with Crippen molar-refractivity contribution in [1.82, 2.24) is 10.5 Å². The SMILES string of the molecule is CN(c1ccc2ccnc(N)c2c1)C(C(=O)NOc1ccccc1S(N)(=O)=O)c1ccccc1. The van der Waals surface area contributed by atoms with Crippen molar-refractivity contribution in [2.75, 3.05) is 17.7 Å². The van der Waals surface area contributed by atoms with Crippen molar-refractivity contribution in [3.8, 4) is 5.75 Å². The van der Waals surface area contributed by atoms with Crippen LogP contribution in [-0.4, -0.2) is 26.4 Å². The third-order valence-corrected chi connectivity index (χ3v) is 6.31. The molecule has 1 aromatic heterocycles. The van der Waals surface area contributed by atoms with Crippen molar-refractivity contribution in [3.63, 3.8) is 0 Å². The van der Waals surface area contributed by atoms with Crippen LogP contribution in [-0.2, 0) is 14.8 Å². The molecule has 0 radical (unpaired) electrons. The van der Waals surface area contributed by atoms with Crippen LogP contribution in [0.2, 0.25) is 0 Å². The number of carbonyl (C=O) groups is 1. The van der Waals surface area contributed by atoms with Gasteiger partial charge in [-0.2, -0.15) is 5.48 Å². The maximum absolute atomic E-state index is 13.3. The van der Waals surface area contributed by atoms with E-state index in [1.54, 1.807) is 24.2 Å². The summed E-state index contributed by atoms with van der Waals surface area (Å²) in [6.45, 7) is 0. The number of benzene rings is 3. The number of hydroxylamine groups is 1. The second-order valence-electron chi connectivity index (χ2n) is 7.59. The number of primary sulfonamides is 1. The van der Waals surface area contributed by atoms with Gasteiger partial charge in [0.1, 0.15) is 16.8 Å². The number of sulfonamides is 1. The van der Waals surface area contributed by atoms with Gasteiger partial charge >= 0.3 is 0 Å². The van der Waals surface area contributed by atoms with Gasteiger partial charge in [-0.25, -0.2) is 18.5 Å². The van der Waals surface area contributed by atoms with E-state index in [4.69, 9.17) is 15.7 Å². The summed E-state index contributed by atoms with van der Waals surface area (Å²) in [5, 5.41) is 6.94. The summed E-state index contributed by atoms with van der Waals surface area (Å²) in [4.78, 5) is 24.4. The van der Waals surface area contributed by atoms with E-state index in [0.717, 1.165) is 16.5 Å². The van der Waals surface area contributed by atoms with E-state index >= 15 is 0 Å². The Morgan fingerprint density at radius 1 is 1.03 bits per heavy atom. The van der Waals surface area contributed by atoms with E-state index in [2.05, 4.69) is 10.5 Å². The van der Waals surface area contributed by atoms with Gasteiger partial charge in [0.05, 0.1) is 0 Å². The molecule has 0 saturated heterocycles. The van der Waals surface area contributed by atoms with Crippen LogP contribution in [0.5, 0.6) is 5.75 Å². The minimum atomic E-state index is -4.04. The summed E-state index contributed by atoms with van der Waals surface area (Å²) in [5.74, 6) is -0.217. The van der Waals surface area contributed by atoms with Crippen molar-refractivity contribution < 1.29 is 18.0 Å². The summed E-state index contributed by atoms with van der Waals surface area (Å²) in [7, 11) is -2.28. The van der Waals surface area contributed by atoms with Gasteiger partial charge in [-0.05, 0) is 41.3 Å². The van der Waals surface area contributed by atoms with E-state index in [-0.39, 0.29) is 10.6 Å². The average Bonchev–Trinajstić information content (AvgIpc) is 2.83. The summed E-state index contributed by atoms with van der Waals surface area (Å²) < 4.78 is 23.7. The molecule has 10 heteroatoms. The van der Waals surface area contributed by atoms with Crippen LogP contribution < -0.4 is 26.1 Å². The second-order valence-corrected chi connectivity index (χ2v) is 9.12. The Bertz CT molecular complexity index is 1440. The molecule has 1 atom stereocenters. The van der Waals surface area contributed by atoms with Crippen molar-refractivity contribution in [2.45, 2.75) is 10.9 Å². The highest BCUT2D eigenvalue weighted by Crippen LogP contribution is 2.30. The Balaban J connectivity index is 1.66. The van der Waals surface area contributed by atoms with Crippen molar-refractivity contribution in [2.24, 2.45) is 5.14 Å². The maximum atomic E-state index is 13.3. The molecule has 0 saturated carbocycles. The van der Waals surface area contributed by atoms with Crippen LogP contribution in [0.3, 0.4) is 0 Å². The molecule has 0 aliphatic carbocycles. The molecular formula is C24H23N5O4S. The summed E-state index contributed by atoms with van der Waals surface area (Å²) >= 11 is 0. The van der Waals surface area contributed by atoms with Crippen molar-refractivity contribution >= 4 is 38.2 Å². The number of fused-ring (bicyclic) bond motifs is 1. The van der Waals surface area contributed by atoms with Crippen LogP contribution >= 0.6 is 0 Å². The van der Waals surface area contributed by atoms with Gasteiger partial charge in [0, 0.05) is 24.3 Å². The van der Waals surface area contributed by atoms with Crippen LogP contribution in [0.4, 0.5) is 11.5 Å². The van der Waals surface area contributed by atoms with E-state index in [0.29, 0.717) is 11.4 Å². The number of nitrogens with one attached hydrogen (secondary N) is 1. The first-order valence-electron chi connectivity index (χ1n) is 10.3. The third-order valence-electron chi connectivity index (χ3n) is 5.36. The smallest absolute Gasteiger partial charge is 0.279 e. The Hall–Kier alpha value is -4.15. The van der Waals surface area contributed by atoms with E-state index < -0.39 is 22.0 Å². The van der Waals surface area contributed by atoms with E-state index in [1.807, 2.05) is 54.6 Å². The van der Waals surface area contributed by atoms with E-state index in [9.17, 15) is 13.2 Å². The van der Waals surface area contributed by atoms with Gasteiger partial charge in [-0.15, -0.1) is 0 Å². The molecule has 0 aliphatic rings. The molecule has 0 fully saturated rings. The lowest BCUT2D eigenvalue weighted by Crippen LogP contribution is -2.40. The van der Waals surface area contributed by atoms with Gasteiger partial charge < -0.3 is 15.5 Å². The summed E-state index contributed by atoms with van der Waals surface area (Å²) in [6, 6.07) is 21.6. The number of pyridine rings is 1. The zero-order valence-corrected chi connectivity index (χ0v) is 19.1. The summed E-state index contributed by atoms with van der Waals surface area (Å²) in [5.41, 5.74) is 9.84. The Labute approximate surface area is 197 Å². The predicted molar refractivity (Wildman–Crippen MR) is 130 cm³/mol. The fraction of sp³-hybridized carbons (Fsp3) is 0.0833. The number of nitrogens with zero attached hydrogens (tertiary/aromatic N) is 2. The third kappa shape index (κ3) is 4.77. The van der Waals surface area contributed by atoms with Crippen LogP contribution in [0.15, 0.2) is 90.0 Å². The molecule has 9 nitrogen and oxygen atoms in total. The van der Waals surface area contributed by atoms with Gasteiger partial charge in [-0.1, -0.05) is 48.5 Å². The first-order chi connectivity index (χ1) is 16.3.